The number of β-lactam (4-membered cyclic amide) rings is 1. The number of anilines is 1. The maximum Gasteiger partial charge on any atom is 0.344 e. The van der Waals surface area contributed by atoms with E-state index in [1.807, 2.05) is 21.1 Å². The van der Waals surface area contributed by atoms with Gasteiger partial charge in [0.15, 0.2) is 10.8 Å². The first-order chi connectivity index (χ1) is 15.4. The van der Waals surface area contributed by atoms with E-state index in [0.717, 1.165) is 16.2 Å². The number of amides is 2. The Hall–Kier alpha value is -3.17. The first-order valence-corrected chi connectivity index (χ1v) is 11.4. The van der Waals surface area contributed by atoms with Crippen molar-refractivity contribution in [2.24, 2.45) is 5.16 Å². The highest BCUT2D eigenvalue weighted by Crippen LogP contribution is 2.39. The summed E-state index contributed by atoms with van der Waals surface area (Å²) in [6.45, 7) is -0.398. The molecule has 13 nitrogen and oxygen atoms in total. The summed E-state index contributed by atoms with van der Waals surface area (Å²) in [6, 6.07) is -1.61. The van der Waals surface area contributed by atoms with Gasteiger partial charge in [-0.1, -0.05) is 5.16 Å². The zero-order valence-corrected chi connectivity index (χ0v) is 19.6. The van der Waals surface area contributed by atoms with Gasteiger partial charge in [0.2, 0.25) is 6.61 Å². The molecule has 1 saturated heterocycles. The SMILES string of the molecule is C[N+](C)(C)CC1=C(C(=O)[O-])N2C(=O)C(NC(=O)C(=NOCC(=O)O)c3csc(N)n3)C2CS1. The lowest BCUT2D eigenvalue weighted by Crippen LogP contribution is -2.73. The van der Waals surface area contributed by atoms with Crippen LogP contribution in [0.3, 0.4) is 0 Å². The Morgan fingerprint density at radius 1 is 1.42 bits per heavy atom. The predicted octanol–water partition coefficient (Wildman–Crippen LogP) is -2.36. The van der Waals surface area contributed by atoms with E-state index in [2.05, 4.69) is 20.3 Å². The maximum absolute atomic E-state index is 12.9. The van der Waals surface area contributed by atoms with E-state index >= 15 is 0 Å². The van der Waals surface area contributed by atoms with E-state index < -0.39 is 42.4 Å². The van der Waals surface area contributed by atoms with Crippen LogP contribution >= 0.6 is 23.1 Å². The van der Waals surface area contributed by atoms with Crippen LogP contribution in [0.15, 0.2) is 21.1 Å². The number of carbonyl (C=O) groups is 4. The average Bonchev–Trinajstić information content (AvgIpc) is 3.13. The highest BCUT2D eigenvalue weighted by molar-refractivity contribution is 8.03. The maximum atomic E-state index is 12.9. The third kappa shape index (κ3) is 5.43. The number of carboxylic acids is 2. The molecule has 0 aliphatic carbocycles. The number of thiazole rings is 1. The molecule has 178 valence electrons. The van der Waals surface area contributed by atoms with Crippen molar-refractivity contribution in [3.8, 4) is 0 Å². The lowest BCUT2D eigenvalue weighted by Gasteiger charge is -2.51. The number of quaternary nitrogens is 1. The monoisotopic (exact) mass is 498 g/mol. The third-order valence-corrected chi connectivity index (χ3v) is 6.43. The summed E-state index contributed by atoms with van der Waals surface area (Å²) < 4.78 is 0.457. The van der Waals surface area contributed by atoms with Gasteiger partial charge in [-0.3, -0.25) is 9.59 Å². The van der Waals surface area contributed by atoms with Gasteiger partial charge in [-0.15, -0.1) is 23.1 Å². The number of carboxylic acid groups (broad SMARTS) is 2. The summed E-state index contributed by atoms with van der Waals surface area (Å²) >= 11 is 2.33. The fourth-order valence-corrected chi connectivity index (χ4v) is 5.32. The molecule has 1 fully saturated rings. The Kier molecular flexibility index (Phi) is 6.94. The third-order valence-electron chi connectivity index (χ3n) is 4.57. The normalized spacial score (nSPS) is 20.8. The average molecular weight is 499 g/mol. The van der Waals surface area contributed by atoms with Gasteiger partial charge in [-0.05, 0) is 0 Å². The Labute approximate surface area is 196 Å². The molecule has 2 atom stereocenters. The summed E-state index contributed by atoms with van der Waals surface area (Å²) in [6.07, 6.45) is 0. The van der Waals surface area contributed by atoms with Gasteiger partial charge in [0.1, 0.15) is 18.3 Å². The molecule has 33 heavy (non-hydrogen) atoms. The molecule has 3 rings (SSSR count). The number of carbonyl (C=O) groups excluding carboxylic acids is 3. The van der Waals surface area contributed by atoms with Gasteiger partial charge in [-0.2, -0.15) is 0 Å². The Morgan fingerprint density at radius 3 is 2.67 bits per heavy atom. The fraction of sp³-hybridized carbons (Fsp3) is 0.444. The first kappa shape index (κ1) is 24.5. The highest BCUT2D eigenvalue weighted by atomic mass is 32.2. The van der Waals surface area contributed by atoms with Gasteiger partial charge in [-0.25, -0.2) is 9.78 Å². The van der Waals surface area contributed by atoms with E-state index in [1.165, 1.54) is 17.1 Å². The standard InChI is InChI=1S/C18H22N6O7S2/c1-24(2,3)4-10-14(17(29)30)23-9(7-32-10)13(16(23)28)21-15(27)12(22-31-5-11(25)26)8-6-33-18(19)20-8/h6,9,13H,4-5,7H2,1-3H3,(H4-,19,20,21,25,26,27,29,30). The molecule has 0 aromatic carbocycles. The van der Waals surface area contributed by atoms with Crippen molar-refractivity contribution in [1.29, 1.82) is 0 Å². The second-order valence-electron chi connectivity index (χ2n) is 8.22. The van der Waals surface area contributed by atoms with E-state index in [1.54, 1.807) is 0 Å². The minimum Gasteiger partial charge on any atom is -0.543 e. The van der Waals surface area contributed by atoms with Gasteiger partial charge in [0.05, 0.1) is 43.8 Å². The molecule has 15 heteroatoms. The Bertz CT molecular complexity index is 1060. The van der Waals surface area contributed by atoms with Crippen LogP contribution in [-0.4, -0.2) is 101 Å². The van der Waals surface area contributed by atoms with Crippen molar-refractivity contribution in [1.82, 2.24) is 15.2 Å². The van der Waals surface area contributed by atoms with Gasteiger partial charge in [0.25, 0.3) is 11.8 Å². The molecule has 2 aliphatic rings. The quantitative estimate of drug-likeness (QED) is 0.144. The number of nitrogens with zero attached hydrogens (tertiary/aromatic N) is 4. The van der Waals surface area contributed by atoms with Crippen molar-refractivity contribution >= 4 is 57.7 Å². The zero-order valence-electron chi connectivity index (χ0n) is 17.9. The molecule has 0 spiro atoms. The summed E-state index contributed by atoms with van der Waals surface area (Å²) in [5.41, 5.74) is 5.09. The summed E-state index contributed by atoms with van der Waals surface area (Å²) in [4.78, 5) is 58.4. The minimum absolute atomic E-state index is 0.0441. The zero-order chi connectivity index (χ0) is 24.5. The van der Waals surface area contributed by atoms with E-state index in [9.17, 15) is 24.3 Å². The minimum atomic E-state index is -1.46. The number of nitrogens with two attached hydrogens (primary N) is 1. The number of likely N-dealkylation sites (N-methyl/N-ethyl adjacent to an activating group) is 1. The van der Waals surface area contributed by atoms with Crippen LogP contribution in [-0.2, 0) is 24.0 Å². The first-order valence-electron chi connectivity index (χ1n) is 9.54. The number of thioether (sulfide) groups is 1. The van der Waals surface area contributed by atoms with Crippen molar-refractivity contribution in [2.75, 3.05) is 45.8 Å². The van der Waals surface area contributed by atoms with Crippen LogP contribution in [0, 0.1) is 0 Å². The molecule has 2 unspecified atom stereocenters. The molecule has 1 aromatic rings. The van der Waals surface area contributed by atoms with Crippen LogP contribution < -0.4 is 16.2 Å². The smallest absolute Gasteiger partial charge is 0.344 e. The number of nitrogens with one attached hydrogen (secondary N) is 1. The van der Waals surface area contributed by atoms with E-state index in [0.29, 0.717) is 21.7 Å². The van der Waals surface area contributed by atoms with Crippen molar-refractivity contribution in [2.45, 2.75) is 12.1 Å². The van der Waals surface area contributed by atoms with Crippen LogP contribution in [0.5, 0.6) is 0 Å². The van der Waals surface area contributed by atoms with Crippen LogP contribution in [0.1, 0.15) is 5.69 Å². The van der Waals surface area contributed by atoms with Gasteiger partial charge < -0.3 is 40.3 Å². The lowest BCUT2D eigenvalue weighted by atomic mass is 9.94. The largest absolute Gasteiger partial charge is 0.543 e. The number of oxime groups is 1. The summed E-state index contributed by atoms with van der Waals surface area (Å²) in [7, 11) is 5.68. The topological polar surface area (TPSA) is 187 Å². The predicted molar refractivity (Wildman–Crippen MR) is 117 cm³/mol. The number of hydrogen-bond acceptors (Lipinski definition) is 11. The molecule has 0 saturated carbocycles. The van der Waals surface area contributed by atoms with Crippen molar-refractivity contribution in [3.63, 3.8) is 0 Å². The van der Waals surface area contributed by atoms with Crippen LogP contribution in [0.4, 0.5) is 5.13 Å². The summed E-state index contributed by atoms with van der Waals surface area (Å²) in [5.74, 6) is -3.84. The number of fused-ring (bicyclic) bond motifs is 1. The molecule has 2 amide bonds. The van der Waals surface area contributed by atoms with Crippen LogP contribution in [0.25, 0.3) is 0 Å². The van der Waals surface area contributed by atoms with E-state index in [-0.39, 0.29) is 22.2 Å². The van der Waals surface area contributed by atoms with Crippen molar-refractivity contribution < 1.29 is 38.7 Å². The summed E-state index contributed by atoms with van der Waals surface area (Å²) in [5, 5.41) is 28.2. The number of rotatable bonds is 9. The fourth-order valence-electron chi connectivity index (χ4n) is 3.26. The van der Waals surface area contributed by atoms with Crippen LogP contribution in [0.2, 0.25) is 0 Å². The number of aromatic nitrogens is 1. The van der Waals surface area contributed by atoms with E-state index in [4.69, 9.17) is 10.8 Å². The number of hydrogen-bond donors (Lipinski definition) is 3. The molecule has 3 heterocycles. The second-order valence-corrected chi connectivity index (χ2v) is 10.2. The van der Waals surface area contributed by atoms with Gasteiger partial charge in [0, 0.05) is 11.1 Å². The Balaban J connectivity index is 1.80. The molecular formula is C18H22N6O7S2. The molecule has 0 radical (unpaired) electrons. The lowest BCUT2D eigenvalue weighted by molar-refractivity contribution is -0.864. The number of nitrogen functional groups attached to an aromatic ring is 1. The molecule has 1 aromatic heterocycles. The Morgan fingerprint density at radius 2 is 2.12 bits per heavy atom. The second kappa shape index (κ2) is 9.36. The molecule has 4 N–H and O–H groups in total. The van der Waals surface area contributed by atoms with Crippen molar-refractivity contribution in [3.05, 3.63) is 21.7 Å². The highest BCUT2D eigenvalue weighted by Gasteiger charge is 2.53. The molecule has 0 bridgehead atoms. The van der Waals surface area contributed by atoms with Gasteiger partial charge >= 0.3 is 5.97 Å². The molecule has 2 aliphatic heterocycles. The number of aliphatic carboxylic acids is 2. The molecular weight excluding hydrogens is 476 g/mol.